The van der Waals surface area contributed by atoms with Crippen LogP contribution in [0, 0.1) is 0 Å². The predicted molar refractivity (Wildman–Crippen MR) is 59.8 cm³/mol. The van der Waals surface area contributed by atoms with Gasteiger partial charge in [0.05, 0.1) is 11.9 Å². The third-order valence-corrected chi connectivity index (χ3v) is 2.11. The molecule has 0 fully saturated rings. The number of methoxy groups -OCH3 is 4. The monoisotopic (exact) mass is 326 g/mol. The molecule has 0 saturated heterocycles. The van der Waals surface area contributed by atoms with E-state index >= 15 is 0 Å². The van der Waals surface area contributed by atoms with Gasteiger partial charge in [-0.25, -0.2) is 0 Å². The molecule has 0 aromatic heterocycles. The van der Waals surface area contributed by atoms with Gasteiger partial charge < -0.3 is 29.2 Å². The van der Waals surface area contributed by atoms with E-state index in [0.717, 1.165) is 0 Å². The van der Waals surface area contributed by atoms with Crippen molar-refractivity contribution < 1.29 is 29.2 Å². The fraction of sp³-hybridized carbons (Fsp3) is 1.00. The Morgan fingerprint density at radius 2 is 0.882 bits per heavy atom. The van der Waals surface area contributed by atoms with Crippen LogP contribution in [0.4, 0.5) is 0 Å². The van der Waals surface area contributed by atoms with Gasteiger partial charge >= 0.3 is 45.5 Å². The minimum Gasteiger partial charge on any atom is -0.807 e. The Morgan fingerprint density at radius 1 is 0.706 bits per heavy atom. The van der Waals surface area contributed by atoms with Crippen LogP contribution >= 0.6 is 0 Å². The maximum atomic E-state index is 10.8. The third kappa shape index (κ3) is 10.8. The van der Waals surface area contributed by atoms with Crippen molar-refractivity contribution in [1.82, 2.24) is 0 Å². The van der Waals surface area contributed by atoms with Gasteiger partial charge in [-0.1, -0.05) is 13.8 Å². The SMILES string of the molecule is CCC([O-])(OC)OC.CCC([O-])(OC)OC.[Sr+2]. The molecule has 0 radical (unpaired) electrons. The zero-order valence-corrected chi connectivity index (χ0v) is 15.0. The molecule has 0 unspecified atom stereocenters. The summed E-state index contributed by atoms with van der Waals surface area (Å²) < 4.78 is 17.8. The Kier molecular flexibility index (Phi) is 16.9. The number of hydrogen-bond donors (Lipinski definition) is 0. The van der Waals surface area contributed by atoms with Gasteiger partial charge in [-0.3, -0.25) is 0 Å². The summed E-state index contributed by atoms with van der Waals surface area (Å²) in [6.45, 7) is 3.42. The molecular weight excluding hydrogens is 304 g/mol. The van der Waals surface area contributed by atoms with Gasteiger partial charge in [0.25, 0.3) is 0 Å². The minimum atomic E-state index is -1.62. The standard InChI is InChI=1S/2C5H11O3.Sr/c2*1-4-5(6,7-2)8-3;/h2*4H2,1-3H3;/q2*-1;+2. The molecule has 0 bridgehead atoms. The molecule has 0 spiro atoms. The van der Waals surface area contributed by atoms with Gasteiger partial charge in [-0.15, -0.1) is 0 Å². The van der Waals surface area contributed by atoms with Gasteiger partial charge in [0.2, 0.25) is 0 Å². The molecule has 0 aromatic rings. The first-order chi connectivity index (χ1) is 7.36. The largest absolute Gasteiger partial charge is 2.00 e. The minimum absolute atomic E-state index is 0. The fourth-order valence-corrected chi connectivity index (χ4v) is 0.744. The fourth-order valence-electron chi connectivity index (χ4n) is 0.744. The van der Waals surface area contributed by atoms with Crippen LogP contribution in [0.3, 0.4) is 0 Å². The molecule has 0 aliphatic heterocycles. The van der Waals surface area contributed by atoms with Crippen LogP contribution in [-0.4, -0.2) is 85.9 Å². The summed E-state index contributed by atoms with van der Waals surface area (Å²) in [4.78, 5) is 0. The molecule has 0 atom stereocenters. The first kappa shape index (κ1) is 23.3. The van der Waals surface area contributed by atoms with Crippen LogP contribution in [0.15, 0.2) is 0 Å². The van der Waals surface area contributed by atoms with Crippen molar-refractivity contribution in [3.05, 3.63) is 0 Å². The van der Waals surface area contributed by atoms with Gasteiger partial charge in [0, 0.05) is 28.4 Å². The Labute approximate surface area is 140 Å². The topological polar surface area (TPSA) is 83.0 Å². The molecule has 100 valence electrons. The number of hydrogen-bond acceptors (Lipinski definition) is 6. The first-order valence-electron chi connectivity index (χ1n) is 4.98. The van der Waals surface area contributed by atoms with Crippen LogP contribution in [0.1, 0.15) is 26.7 Å². The molecule has 0 aliphatic carbocycles. The van der Waals surface area contributed by atoms with Crippen molar-refractivity contribution in [3.8, 4) is 0 Å². The Hall–Kier alpha value is 1.24. The van der Waals surface area contributed by atoms with E-state index in [1.165, 1.54) is 28.4 Å². The van der Waals surface area contributed by atoms with Gasteiger partial charge in [-0.2, -0.15) is 0 Å². The molecule has 0 saturated carbocycles. The van der Waals surface area contributed by atoms with E-state index in [9.17, 15) is 10.2 Å². The summed E-state index contributed by atoms with van der Waals surface area (Å²) in [6, 6.07) is 0. The van der Waals surface area contributed by atoms with Crippen molar-refractivity contribution in [2.45, 2.75) is 38.6 Å². The molecule has 6 nitrogen and oxygen atoms in total. The maximum Gasteiger partial charge on any atom is 2.00 e. The van der Waals surface area contributed by atoms with E-state index in [-0.39, 0.29) is 45.5 Å². The third-order valence-electron chi connectivity index (χ3n) is 2.11. The van der Waals surface area contributed by atoms with Crippen LogP contribution < -0.4 is 10.2 Å². The van der Waals surface area contributed by atoms with Crippen LogP contribution in [0.25, 0.3) is 0 Å². The second-order valence-electron chi connectivity index (χ2n) is 2.89. The van der Waals surface area contributed by atoms with Crippen LogP contribution in [0.5, 0.6) is 0 Å². The van der Waals surface area contributed by atoms with Crippen molar-refractivity contribution in [3.63, 3.8) is 0 Å². The Bertz CT molecular complexity index is 124. The Morgan fingerprint density at radius 3 is 0.882 bits per heavy atom. The summed E-state index contributed by atoms with van der Waals surface area (Å²) in [5.41, 5.74) is 0. The first-order valence-corrected chi connectivity index (χ1v) is 4.98. The molecule has 7 heteroatoms. The van der Waals surface area contributed by atoms with Crippen LogP contribution in [0.2, 0.25) is 0 Å². The van der Waals surface area contributed by atoms with Crippen LogP contribution in [-0.2, 0) is 18.9 Å². The predicted octanol–water partition coefficient (Wildman–Crippen LogP) is -0.974. The zero-order valence-electron chi connectivity index (χ0n) is 11.6. The second-order valence-corrected chi connectivity index (χ2v) is 2.89. The van der Waals surface area contributed by atoms with Crippen molar-refractivity contribution >= 4 is 45.5 Å². The van der Waals surface area contributed by atoms with Gasteiger partial charge in [0.1, 0.15) is 0 Å². The van der Waals surface area contributed by atoms with Crippen molar-refractivity contribution in [2.75, 3.05) is 28.4 Å². The molecule has 0 N–H and O–H groups in total. The molecule has 0 aliphatic rings. The quantitative estimate of drug-likeness (QED) is 0.461. The van der Waals surface area contributed by atoms with Crippen molar-refractivity contribution in [2.24, 2.45) is 0 Å². The molecular formula is C10H22O6Sr. The summed E-state index contributed by atoms with van der Waals surface area (Å²) in [5.74, 6) is -3.25. The van der Waals surface area contributed by atoms with Gasteiger partial charge in [0.15, 0.2) is 0 Å². The Balaban J connectivity index is -0.000000218. The van der Waals surface area contributed by atoms with Crippen molar-refractivity contribution in [1.29, 1.82) is 0 Å². The number of ether oxygens (including phenoxy) is 4. The molecule has 0 amide bonds. The molecule has 0 heterocycles. The molecule has 0 aromatic carbocycles. The molecule has 0 rings (SSSR count). The smallest absolute Gasteiger partial charge is 0.807 e. The summed E-state index contributed by atoms with van der Waals surface area (Å²) in [6.07, 6.45) is 0.639. The average Bonchev–Trinajstić information content (AvgIpc) is 2.37. The van der Waals surface area contributed by atoms with Gasteiger partial charge in [-0.05, 0) is 12.8 Å². The average molecular weight is 326 g/mol. The maximum absolute atomic E-state index is 10.8. The summed E-state index contributed by atoms with van der Waals surface area (Å²) >= 11 is 0. The summed E-state index contributed by atoms with van der Waals surface area (Å²) in [5, 5.41) is 21.5. The molecule has 17 heavy (non-hydrogen) atoms. The normalized spacial score (nSPS) is 11.3. The van der Waals surface area contributed by atoms with E-state index in [1.54, 1.807) is 13.8 Å². The second kappa shape index (κ2) is 12.3. The number of rotatable bonds is 6. The van der Waals surface area contributed by atoms with E-state index in [1.807, 2.05) is 0 Å². The van der Waals surface area contributed by atoms with E-state index < -0.39 is 11.9 Å². The van der Waals surface area contributed by atoms with E-state index in [0.29, 0.717) is 12.8 Å². The zero-order chi connectivity index (χ0) is 13.2. The van der Waals surface area contributed by atoms with E-state index in [2.05, 4.69) is 18.9 Å². The van der Waals surface area contributed by atoms with E-state index in [4.69, 9.17) is 0 Å². The summed E-state index contributed by atoms with van der Waals surface area (Å²) in [7, 11) is 5.33.